The molecule has 0 bridgehead atoms. The highest BCUT2D eigenvalue weighted by Crippen LogP contribution is 2.12. The first kappa shape index (κ1) is 17.8. The first-order chi connectivity index (χ1) is 10.4. The maximum Gasteiger partial charge on any atom is 0.368 e. The molecule has 0 aliphatic carbocycles. The Balaban J connectivity index is 2.41. The Morgan fingerprint density at radius 1 is 1.32 bits per heavy atom. The van der Waals surface area contributed by atoms with E-state index < -0.39 is 24.1 Å². The predicted molar refractivity (Wildman–Crippen MR) is 77.7 cm³/mol. The lowest BCUT2D eigenvalue weighted by molar-refractivity contribution is -0.277. The third-order valence-corrected chi connectivity index (χ3v) is 2.68. The summed E-state index contributed by atoms with van der Waals surface area (Å²) in [6, 6.07) is 7.62. The molecule has 0 saturated carbocycles. The summed E-state index contributed by atoms with van der Waals surface area (Å²) < 4.78 is 0. The maximum absolute atomic E-state index is 11.2. The van der Waals surface area contributed by atoms with Crippen LogP contribution in [0.3, 0.4) is 0 Å². The van der Waals surface area contributed by atoms with E-state index in [1.54, 1.807) is 30.3 Å². The van der Waals surface area contributed by atoms with E-state index in [-0.39, 0.29) is 18.7 Å². The molecule has 7 nitrogen and oxygen atoms in total. The summed E-state index contributed by atoms with van der Waals surface area (Å²) in [6.07, 6.45) is -1.04. The van der Waals surface area contributed by atoms with Gasteiger partial charge in [-0.05, 0) is 12.5 Å². The van der Waals surface area contributed by atoms with Gasteiger partial charge in [-0.15, -0.1) is 0 Å². The molecule has 0 saturated heterocycles. The van der Waals surface area contributed by atoms with Crippen molar-refractivity contribution in [3.05, 3.63) is 48.0 Å². The van der Waals surface area contributed by atoms with Gasteiger partial charge in [0.1, 0.15) is 12.6 Å². The molecule has 0 fully saturated rings. The van der Waals surface area contributed by atoms with Crippen molar-refractivity contribution >= 4 is 11.9 Å². The lowest BCUT2D eigenvalue weighted by Gasteiger charge is -2.17. The molecule has 22 heavy (non-hydrogen) atoms. The fraction of sp³-hybridized carbons (Fsp3) is 0.333. The molecular formula is C15H19NO6. The van der Waals surface area contributed by atoms with Gasteiger partial charge in [-0.3, -0.25) is 15.0 Å². The Morgan fingerprint density at radius 2 is 1.95 bits per heavy atom. The normalized spacial score (nSPS) is 13.2. The van der Waals surface area contributed by atoms with Gasteiger partial charge >= 0.3 is 11.9 Å². The molecule has 0 aliphatic rings. The van der Waals surface area contributed by atoms with Crippen molar-refractivity contribution in [1.82, 2.24) is 5.32 Å². The molecule has 0 spiro atoms. The fourth-order valence-corrected chi connectivity index (χ4v) is 1.54. The summed E-state index contributed by atoms with van der Waals surface area (Å²) in [5, 5.41) is 21.6. The van der Waals surface area contributed by atoms with Crippen LogP contribution in [-0.2, 0) is 19.4 Å². The highest BCUT2D eigenvalue weighted by molar-refractivity contribution is 5.86. The standard InChI is InChI=1S/C15H19NO6/c1-10(2)15(20)22-21-9-12(17)8-16-13(14(18)19)11-6-4-3-5-7-11/h3-7,12-13,16-17H,1,8-9H2,2H3,(H,18,19). The van der Waals surface area contributed by atoms with E-state index in [4.69, 9.17) is 0 Å². The third-order valence-electron chi connectivity index (χ3n) is 2.68. The average molecular weight is 309 g/mol. The Morgan fingerprint density at radius 3 is 2.50 bits per heavy atom. The van der Waals surface area contributed by atoms with Crippen molar-refractivity contribution in [3.63, 3.8) is 0 Å². The number of hydrogen-bond acceptors (Lipinski definition) is 6. The molecular weight excluding hydrogens is 290 g/mol. The smallest absolute Gasteiger partial charge is 0.368 e. The van der Waals surface area contributed by atoms with Gasteiger partial charge in [0.2, 0.25) is 0 Å². The fourth-order valence-electron chi connectivity index (χ4n) is 1.54. The highest BCUT2D eigenvalue weighted by Gasteiger charge is 2.20. The Hall–Kier alpha value is -2.22. The van der Waals surface area contributed by atoms with Crippen molar-refractivity contribution in [2.45, 2.75) is 19.1 Å². The van der Waals surface area contributed by atoms with Gasteiger partial charge in [0, 0.05) is 12.1 Å². The van der Waals surface area contributed by atoms with Crippen molar-refractivity contribution in [3.8, 4) is 0 Å². The topological polar surface area (TPSA) is 105 Å². The van der Waals surface area contributed by atoms with Gasteiger partial charge in [0.05, 0.1) is 6.10 Å². The third kappa shape index (κ3) is 6.04. The van der Waals surface area contributed by atoms with Crippen LogP contribution in [0, 0.1) is 0 Å². The number of hydrogen-bond donors (Lipinski definition) is 3. The van der Waals surface area contributed by atoms with Gasteiger partial charge in [-0.2, -0.15) is 4.89 Å². The Bertz CT molecular complexity index is 516. The number of aliphatic hydroxyl groups is 1. The van der Waals surface area contributed by atoms with E-state index in [1.807, 2.05) is 0 Å². The molecule has 1 rings (SSSR count). The summed E-state index contributed by atoms with van der Waals surface area (Å²) in [5.74, 6) is -1.79. The lowest BCUT2D eigenvalue weighted by atomic mass is 10.1. The van der Waals surface area contributed by atoms with Crippen LogP contribution in [-0.4, -0.2) is 41.4 Å². The number of aliphatic carboxylic acids is 1. The first-order valence-electron chi connectivity index (χ1n) is 6.60. The molecule has 0 aliphatic heterocycles. The van der Waals surface area contributed by atoms with Crippen LogP contribution >= 0.6 is 0 Å². The maximum atomic E-state index is 11.2. The van der Waals surface area contributed by atoms with Crippen LogP contribution in [0.2, 0.25) is 0 Å². The van der Waals surface area contributed by atoms with Crippen molar-refractivity contribution in [2.75, 3.05) is 13.2 Å². The highest BCUT2D eigenvalue weighted by atomic mass is 17.2. The molecule has 3 N–H and O–H groups in total. The largest absolute Gasteiger partial charge is 0.480 e. The summed E-state index contributed by atoms with van der Waals surface area (Å²) >= 11 is 0. The number of benzene rings is 1. The SMILES string of the molecule is C=C(C)C(=O)OOCC(O)CNC(C(=O)O)c1ccccc1. The predicted octanol–water partition coefficient (Wildman–Crippen LogP) is 0.814. The van der Waals surface area contributed by atoms with E-state index in [9.17, 15) is 19.8 Å². The second kappa shape index (κ2) is 8.93. The van der Waals surface area contributed by atoms with E-state index in [1.165, 1.54) is 6.92 Å². The Labute approximate surface area is 128 Å². The van der Waals surface area contributed by atoms with Crippen LogP contribution in [0.4, 0.5) is 0 Å². The number of rotatable bonds is 9. The quantitative estimate of drug-likeness (QED) is 0.352. The minimum Gasteiger partial charge on any atom is -0.480 e. The van der Waals surface area contributed by atoms with Crippen molar-refractivity contribution < 1.29 is 29.6 Å². The zero-order chi connectivity index (χ0) is 16.5. The summed E-state index contributed by atoms with van der Waals surface area (Å²) in [6.45, 7) is 4.50. The van der Waals surface area contributed by atoms with Gasteiger partial charge in [0.25, 0.3) is 0 Å². The van der Waals surface area contributed by atoms with Crippen LogP contribution in [0.5, 0.6) is 0 Å². The van der Waals surface area contributed by atoms with Gasteiger partial charge in [-0.1, -0.05) is 36.9 Å². The lowest BCUT2D eigenvalue weighted by Crippen LogP contribution is -2.36. The molecule has 0 aromatic heterocycles. The molecule has 0 amide bonds. The van der Waals surface area contributed by atoms with Crippen LogP contribution in [0.1, 0.15) is 18.5 Å². The molecule has 0 radical (unpaired) electrons. The zero-order valence-corrected chi connectivity index (χ0v) is 12.2. The van der Waals surface area contributed by atoms with Gasteiger partial charge in [-0.25, -0.2) is 4.79 Å². The average Bonchev–Trinajstić information content (AvgIpc) is 2.48. The molecule has 2 atom stereocenters. The number of carbonyl (C=O) groups excluding carboxylic acids is 1. The first-order valence-corrected chi connectivity index (χ1v) is 6.60. The van der Waals surface area contributed by atoms with Gasteiger partial charge in [0.15, 0.2) is 0 Å². The molecule has 120 valence electrons. The number of carboxylic acids is 1. The summed E-state index contributed by atoms with van der Waals surface area (Å²) in [7, 11) is 0. The number of nitrogens with one attached hydrogen (secondary N) is 1. The van der Waals surface area contributed by atoms with E-state index >= 15 is 0 Å². The summed E-state index contributed by atoms with van der Waals surface area (Å²) in [4.78, 5) is 31.2. The number of carbonyl (C=O) groups is 2. The molecule has 1 aromatic carbocycles. The van der Waals surface area contributed by atoms with Crippen molar-refractivity contribution in [2.24, 2.45) is 0 Å². The molecule has 7 heteroatoms. The second-order valence-corrected chi connectivity index (χ2v) is 4.68. The van der Waals surface area contributed by atoms with Crippen LogP contribution in [0.25, 0.3) is 0 Å². The Kier molecular flexibility index (Phi) is 7.24. The zero-order valence-electron chi connectivity index (χ0n) is 12.2. The summed E-state index contributed by atoms with van der Waals surface area (Å²) in [5.41, 5.74) is 0.736. The van der Waals surface area contributed by atoms with Crippen molar-refractivity contribution in [1.29, 1.82) is 0 Å². The second-order valence-electron chi connectivity index (χ2n) is 4.68. The number of carboxylic acid groups (broad SMARTS) is 1. The minimum atomic E-state index is -1.06. The minimum absolute atomic E-state index is 0.0452. The molecule has 2 unspecified atom stereocenters. The molecule has 0 heterocycles. The van der Waals surface area contributed by atoms with Crippen LogP contribution < -0.4 is 5.32 Å². The number of aliphatic hydroxyl groups excluding tert-OH is 1. The van der Waals surface area contributed by atoms with E-state index in [0.717, 1.165) is 0 Å². The monoisotopic (exact) mass is 309 g/mol. The van der Waals surface area contributed by atoms with E-state index in [0.29, 0.717) is 5.56 Å². The van der Waals surface area contributed by atoms with E-state index in [2.05, 4.69) is 21.7 Å². The van der Waals surface area contributed by atoms with Gasteiger partial charge < -0.3 is 10.2 Å². The van der Waals surface area contributed by atoms with Crippen LogP contribution in [0.15, 0.2) is 42.5 Å². The molecule has 1 aromatic rings.